The van der Waals surface area contributed by atoms with Crippen molar-refractivity contribution >= 4 is 34.8 Å². The number of ether oxygens (including phenoxy) is 1. The summed E-state index contributed by atoms with van der Waals surface area (Å²) >= 11 is 13.3. The summed E-state index contributed by atoms with van der Waals surface area (Å²) < 4.78 is 5.47. The van der Waals surface area contributed by atoms with Crippen molar-refractivity contribution in [3.63, 3.8) is 0 Å². The first-order valence-corrected chi connectivity index (χ1v) is 11.5. The highest BCUT2D eigenvalue weighted by Crippen LogP contribution is 2.42. The minimum Gasteiger partial charge on any atom is -0.384 e. The lowest BCUT2D eigenvalue weighted by atomic mass is 9.82. The standard InChI is InChI=1S/C22H29Cl2N5O/c23-18-12-27-19(26)9-17(18)22-21(24)16(14-1-3-15(25)4-2-14)10-20(29-22)28-11-13-5-7-30-8-6-13/h9-10,12-15H,1-8,11,25H2,(H2,26,27)(H,28,29)/t14-,15-. The van der Waals surface area contributed by atoms with Crippen LogP contribution < -0.4 is 16.8 Å². The molecule has 0 unspecified atom stereocenters. The summed E-state index contributed by atoms with van der Waals surface area (Å²) in [6.45, 7) is 2.51. The normalized spacial score (nSPS) is 22.8. The number of hydrogen-bond acceptors (Lipinski definition) is 6. The van der Waals surface area contributed by atoms with Crippen molar-refractivity contribution in [2.75, 3.05) is 30.8 Å². The van der Waals surface area contributed by atoms with E-state index in [1.54, 1.807) is 12.3 Å². The Morgan fingerprint density at radius 1 is 1.07 bits per heavy atom. The Hall–Kier alpha value is -1.60. The first-order chi connectivity index (χ1) is 14.5. The van der Waals surface area contributed by atoms with Crippen molar-refractivity contribution in [1.29, 1.82) is 0 Å². The largest absolute Gasteiger partial charge is 0.384 e. The van der Waals surface area contributed by atoms with Gasteiger partial charge in [-0.15, -0.1) is 0 Å². The Morgan fingerprint density at radius 2 is 1.80 bits per heavy atom. The van der Waals surface area contributed by atoms with Gasteiger partial charge < -0.3 is 21.5 Å². The lowest BCUT2D eigenvalue weighted by molar-refractivity contribution is 0.0699. The maximum Gasteiger partial charge on any atom is 0.127 e. The van der Waals surface area contributed by atoms with Gasteiger partial charge in [0.1, 0.15) is 11.6 Å². The lowest BCUT2D eigenvalue weighted by Gasteiger charge is -2.28. The summed E-state index contributed by atoms with van der Waals surface area (Å²) in [7, 11) is 0. The van der Waals surface area contributed by atoms with Gasteiger partial charge in [-0.2, -0.15) is 0 Å². The smallest absolute Gasteiger partial charge is 0.127 e. The van der Waals surface area contributed by atoms with Crippen LogP contribution in [-0.2, 0) is 4.74 Å². The fourth-order valence-electron chi connectivity index (χ4n) is 4.38. The average Bonchev–Trinajstić information content (AvgIpc) is 2.76. The van der Waals surface area contributed by atoms with Gasteiger partial charge in [0, 0.05) is 37.6 Å². The second kappa shape index (κ2) is 9.69. The monoisotopic (exact) mass is 449 g/mol. The van der Waals surface area contributed by atoms with Gasteiger partial charge in [0.15, 0.2) is 0 Å². The van der Waals surface area contributed by atoms with E-state index in [9.17, 15) is 0 Å². The van der Waals surface area contributed by atoms with Crippen molar-refractivity contribution in [1.82, 2.24) is 9.97 Å². The zero-order valence-electron chi connectivity index (χ0n) is 17.0. The number of rotatable bonds is 5. The van der Waals surface area contributed by atoms with E-state index < -0.39 is 0 Å². The van der Waals surface area contributed by atoms with Gasteiger partial charge in [-0.05, 0) is 68.1 Å². The maximum atomic E-state index is 6.90. The molecule has 0 spiro atoms. The number of halogens is 2. The van der Waals surface area contributed by atoms with E-state index in [0.717, 1.165) is 69.7 Å². The summed E-state index contributed by atoms with van der Waals surface area (Å²) in [4.78, 5) is 8.90. The van der Waals surface area contributed by atoms with Crippen LogP contribution >= 0.6 is 23.2 Å². The number of nitrogen functional groups attached to an aromatic ring is 1. The van der Waals surface area contributed by atoms with Crippen LogP contribution in [0.5, 0.6) is 0 Å². The van der Waals surface area contributed by atoms with Crippen LogP contribution in [0.2, 0.25) is 10.0 Å². The Morgan fingerprint density at radius 3 is 2.53 bits per heavy atom. The minimum atomic E-state index is 0.280. The molecule has 2 aromatic heterocycles. The molecule has 6 nitrogen and oxygen atoms in total. The van der Waals surface area contributed by atoms with E-state index in [-0.39, 0.29) is 6.04 Å². The maximum absolute atomic E-state index is 6.90. The third-order valence-electron chi connectivity index (χ3n) is 6.24. The Kier molecular flexibility index (Phi) is 6.98. The molecule has 4 rings (SSSR count). The fourth-order valence-corrected chi connectivity index (χ4v) is 4.93. The first-order valence-electron chi connectivity index (χ1n) is 10.7. The van der Waals surface area contributed by atoms with Gasteiger partial charge in [0.25, 0.3) is 0 Å². The minimum absolute atomic E-state index is 0.280. The van der Waals surface area contributed by atoms with E-state index in [2.05, 4.69) is 16.4 Å². The van der Waals surface area contributed by atoms with E-state index in [4.69, 9.17) is 44.4 Å². The Balaban J connectivity index is 1.68. The fraction of sp³-hybridized carbons (Fsp3) is 0.545. The van der Waals surface area contributed by atoms with E-state index >= 15 is 0 Å². The number of nitrogens with one attached hydrogen (secondary N) is 1. The number of anilines is 2. The molecular weight excluding hydrogens is 421 g/mol. The molecule has 1 aliphatic heterocycles. The predicted octanol–water partition coefficient (Wildman–Crippen LogP) is 4.86. The van der Waals surface area contributed by atoms with E-state index in [1.807, 2.05) is 0 Å². The molecule has 5 N–H and O–H groups in total. The summed E-state index contributed by atoms with van der Waals surface area (Å²) in [5, 5.41) is 4.66. The molecule has 3 heterocycles. The third-order valence-corrected chi connectivity index (χ3v) is 6.94. The topological polar surface area (TPSA) is 99.1 Å². The Bertz CT molecular complexity index is 880. The van der Waals surface area contributed by atoms with Crippen molar-refractivity contribution in [3.05, 3.63) is 33.9 Å². The van der Waals surface area contributed by atoms with Crippen molar-refractivity contribution in [3.8, 4) is 11.3 Å². The van der Waals surface area contributed by atoms with Crippen LogP contribution in [0.3, 0.4) is 0 Å². The van der Waals surface area contributed by atoms with Crippen LogP contribution in [0.15, 0.2) is 18.3 Å². The molecule has 8 heteroatoms. The van der Waals surface area contributed by atoms with E-state index in [0.29, 0.717) is 39.0 Å². The number of aromatic nitrogens is 2. The van der Waals surface area contributed by atoms with Crippen molar-refractivity contribution < 1.29 is 4.74 Å². The number of nitrogens with two attached hydrogens (primary N) is 2. The lowest BCUT2D eigenvalue weighted by Crippen LogP contribution is -2.26. The molecule has 1 aliphatic carbocycles. The molecule has 0 atom stereocenters. The molecule has 2 fully saturated rings. The second-order valence-electron chi connectivity index (χ2n) is 8.40. The summed E-state index contributed by atoms with van der Waals surface area (Å²) in [5.41, 5.74) is 14.5. The zero-order chi connectivity index (χ0) is 21.1. The molecular formula is C22H29Cl2N5O. The van der Waals surface area contributed by atoms with Crippen LogP contribution in [0.4, 0.5) is 11.6 Å². The molecule has 0 aromatic carbocycles. The second-order valence-corrected chi connectivity index (χ2v) is 9.18. The SMILES string of the molecule is Nc1cc(-c2nc(NCC3CCOCC3)cc([C@H]3CC[C@H](N)CC3)c2Cl)c(Cl)cn1. The van der Waals surface area contributed by atoms with Gasteiger partial charge in [-0.1, -0.05) is 23.2 Å². The van der Waals surface area contributed by atoms with Crippen LogP contribution in [0.1, 0.15) is 50.0 Å². The molecule has 2 aliphatic rings. The summed E-state index contributed by atoms with van der Waals surface area (Å²) in [5.74, 6) is 2.15. The molecule has 162 valence electrons. The number of hydrogen-bond donors (Lipinski definition) is 3. The third kappa shape index (κ3) is 4.99. The molecule has 1 saturated carbocycles. The molecule has 30 heavy (non-hydrogen) atoms. The van der Waals surface area contributed by atoms with Crippen LogP contribution in [0.25, 0.3) is 11.3 Å². The molecule has 0 radical (unpaired) electrons. The first kappa shape index (κ1) is 21.6. The van der Waals surface area contributed by atoms with Gasteiger partial charge in [-0.25, -0.2) is 9.97 Å². The highest BCUT2D eigenvalue weighted by atomic mass is 35.5. The quantitative estimate of drug-likeness (QED) is 0.602. The molecule has 1 saturated heterocycles. The van der Waals surface area contributed by atoms with E-state index in [1.165, 1.54) is 0 Å². The molecule has 0 amide bonds. The van der Waals surface area contributed by atoms with Crippen molar-refractivity contribution in [2.45, 2.75) is 50.5 Å². The van der Waals surface area contributed by atoms with Gasteiger partial charge >= 0.3 is 0 Å². The van der Waals surface area contributed by atoms with Crippen molar-refractivity contribution in [2.24, 2.45) is 11.7 Å². The number of pyridine rings is 2. The molecule has 2 aromatic rings. The van der Waals surface area contributed by atoms with Crippen LogP contribution in [-0.4, -0.2) is 35.8 Å². The number of nitrogens with zero attached hydrogens (tertiary/aromatic N) is 2. The van der Waals surface area contributed by atoms with Crippen LogP contribution in [0, 0.1) is 5.92 Å². The summed E-state index contributed by atoms with van der Waals surface area (Å²) in [6.07, 6.45) is 7.73. The van der Waals surface area contributed by atoms with Gasteiger partial charge in [0.2, 0.25) is 0 Å². The predicted molar refractivity (Wildman–Crippen MR) is 123 cm³/mol. The Labute approximate surface area is 187 Å². The van der Waals surface area contributed by atoms with Gasteiger partial charge in [0.05, 0.1) is 15.7 Å². The molecule has 0 bridgehead atoms. The van der Waals surface area contributed by atoms with Gasteiger partial charge in [-0.3, -0.25) is 0 Å². The highest BCUT2D eigenvalue weighted by Gasteiger charge is 2.25. The summed E-state index contributed by atoms with van der Waals surface area (Å²) in [6, 6.07) is 4.12. The average molecular weight is 450 g/mol. The highest BCUT2D eigenvalue weighted by molar-refractivity contribution is 6.36. The zero-order valence-corrected chi connectivity index (χ0v) is 18.6.